The number of pyridine rings is 1. The summed E-state index contributed by atoms with van der Waals surface area (Å²) in [6.07, 6.45) is 8.15. The standard InChI is InChI=1S/C16H25N3O/c1-13(2)10-18-15-9-14(11-17-12-15)16(20)19-7-5-3-4-6-8-19/h9,11-13,18H,3-8,10H2,1-2H3. The first-order chi connectivity index (χ1) is 9.66. The van der Waals surface area contributed by atoms with Crippen LogP contribution in [0.2, 0.25) is 0 Å². The van der Waals surface area contributed by atoms with Crippen molar-refractivity contribution in [3.8, 4) is 0 Å². The monoisotopic (exact) mass is 275 g/mol. The Morgan fingerprint density at radius 1 is 1.25 bits per heavy atom. The van der Waals surface area contributed by atoms with Gasteiger partial charge in [0.05, 0.1) is 11.3 Å². The van der Waals surface area contributed by atoms with Gasteiger partial charge < -0.3 is 10.2 Å². The summed E-state index contributed by atoms with van der Waals surface area (Å²) in [7, 11) is 0. The second-order valence-electron chi connectivity index (χ2n) is 5.94. The van der Waals surface area contributed by atoms with Crippen molar-refractivity contribution in [3.05, 3.63) is 24.0 Å². The Kier molecular flexibility index (Phi) is 5.39. The number of hydrogen-bond acceptors (Lipinski definition) is 3. The first-order valence-electron chi connectivity index (χ1n) is 7.65. The molecule has 1 aliphatic heterocycles. The molecule has 1 fully saturated rings. The molecule has 1 aromatic heterocycles. The molecular formula is C16H25N3O. The summed E-state index contributed by atoms with van der Waals surface area (Å²) >= 11 is 0. The number of likely N-dealkylation sites (tertiary alicyclic amines) is 1. The summed E-state index contributed by atoms with van der Waals surface area (Å²) < 4.78 is 0. The molecule has 2 rings (SSSR count). The van der Waals surface area contributed by atoms with E-state index in [0.717, 1.165) is 38.2 Å². The van der Waals surface area contributed by atoms with Crippen LogP contribution < -0.4 is 5.32 Å². The molecule has 2 heterocycles. The zero-order chi connectivity index (χ0) is 14.4. The summed E-state index contributed by atoms with van der Waals surface area (Å²) in [5, 5.41) is 3.32. The van der Waals surface area contributed by atoms with Gasteiger partial charge in [-0.2, -0.15) is 0 Å². The summed E-state index contributed by atoms with van der Waals surface area (Å²) in [5.41, 5.74) is 1.63. The van der Waals surface area contributed by atoms with Crippen LogP contribution in [-0.2, 0) is 0 Å². The molecule has 4 heteroatoms. The molecule has 1 amide bonds. The van der Waals surface area contributed by atoms with E-state index in [0.29, 0.717) is 11.5 Å². The molecule has 20 heavy (non-hydrogen) atoms. The number of carbonyl (C=O) groups is 1. The second-order valence-corrected chi connectivity index (χ2v) is 5.94. The lowest BCUT2D eigenvalue weighted by molar-refractivity contribution is 0.0761. The van der Waals surface area contributed by atoms with Crippen molar-refractivity contribution in [1.82, 2.24) is 9.88 Å². The average molecular weight is 275 g/mol. The third-order valence-corrected chi connectivity index (χ3v) is 3.59. The van der Waals surface area contributed by atoms with Gasteiger partial charge in [0.1, 0.15) is 0 Å². The van der Waals surface area contributed by atoms with E-state index in [1.807, 2.05) is 11.0 Å². The zero-order valence-electron chi connectivity index (χ0n) is 12.6. The van der Waals surface area contributed by atoms with E-state index in [1.165, 1.54) is 12.8 Å². The molecular weight excluding hydrogens is 250 g/mol. The predicted octanol–water partition coefficient (Wildman–Crippen LogP) is 3.17. The maximum absolute atomic E-state index is 12.5. The van der Waals surface area contributed by atoms with E-state index in [4.69, 9.17) is 0 Å². The van der Waals surface area contributed by atoms with Crippen LogP contribution in [0.3, 0.4) is 0 Å². The van der Waals surface area contributed by atoms with E-state index in [9.17, 15) is 4.79 Å². The van der Waals surface area contributed by atoms with Crippen molar-refractivity contribution in [1.29, 1.82) is 0 Å². The average Bonchev–Trinajstić information content (AvgIpc) is 2.73. The molecule has 1 N–H and O–H groups in total. The summed E-state index contributed by atoms with van der Waals surface area (Å²) in [5.74, 6) is 0.688. The highest BCUT2D eigenvalue weighted by molar-refractivity contribution is 5.94. The van der Waals surface area contributed by atoms with Gasteiger partial charge in [0.25, 0.3) is 5.91 Å². The second kappa shape index (κ2) is 7.27. The fourth-order valence-corrected chi connectivity index (χ4v) is 2.43. The highest BCUT2D eigenvalue weighted by atomic mass is 16.2. The van der Waals surface area contributed by atoms with Gasteiger partial charge in [-0.1, -0.05) is 26.7 Å². The van der Waals surface area contributed by atoms with Gasteiger partial charge >= 0.3 is 0 Å². The largest absolute Gasteiger partial charge is 0.384 e. The molecule has 4 nitrogen and oxygen atoms in total. The maximum atomic E-state index is 12.5. The van der Waals surface area contributed by atoms with Gasteiger partial charge in [0.2, 0.25) is 0 Å². The first-order valence-corrected chi connectivity index (χ1v) is 7.65. The Morgan fingerprint density at radius 3 is 2.60 bits per heavy atom. The minimum atomic E-state index is 0.118. The molecule has 0 radical (unpaired) electrons. The number of anilines is 1. The molecule has 0 spiro atoms. The third kappa shape index (κ3) is 4.22. The Morgan fingerprint density at radius 2 is 1.95 bits per heavy atom. The van der Waals surface area contributed by atoms with Crippen LogP contribution in [0.25, 0.3) is 0 Å². The number of nitrogens with one attached hydrogen (secondary N) is 1. The number of rotatable bonds is 4. The third-order valence-electron chi connectivity index (χ3n) is 3.59. The predicted molar refractivity (Wildman–Crippen MR) is 81.9 cm³/mol. The molecule has 0 unspecified atom stereocenters. The van der Waals surface area contributed by atoms with Crippen molar-refractivity contribution >= 4 is 11.6 Å². The fraction of sp³-hybridized carbons (Fsp3) is 0.625. The van der Waals surface area contributed by atoms with Gasteiger partial charge in [-0.05, 0) is 24.8 Å². The van der Waals surface area contributed by atoms with Crippen LogP contribution in [0.4, 0.5) is 5.69 Å². The van der Waals surface area contributed by atoms with E-state index >= 15 is 0 Å². The Hall–Kier alpha value is -1.58. The number of carbonyl (C=O) groups excluding carboxylic acids is 1. The van der Waals surface area contributed by atoms with Crippen LogP contribution >= 0.6 is 0 Å². The van der Waals surface area contributed by atoms with E-state index in [1.54, 1.807) is 12.4 Å². The van der Waals surface area contributed by atoms with Crippen molar-refractivity contribution < 1.29 is 4.79 Å². The van der Waals surface area contributed by atoms with Crippen LogP contribution in [0.5, 0.6) is 0 Å². The molecule has 1 aromatic rings. The maximum Gasteiger partial charge on any atom is 0.255 e. The normalized spacial score (nSPS) is 16.1. The number of hydrogen-bond donors (Lipinski definition) is 1. The van der Waals surface area contributed by atoms with Crippen molar-refractivity contribution in [2.75, 3.05) is 25.0 Å². The van der Waals surface area contributed by atoms with Crippen molar-refractivity contribution in [3.63, 3.8) is 0 Å². The van der Waals surface area contributed by atoms with Gasteiger partial charge in [-0.3, -0.25) is 9.78 Å². The smallest absolute Gasteiger partial charge is 0.255 e. The van der Waals surface area contributed by atoms with Gasteiger partial charge in [-0.15, -0.1) is 0 Å². The molecule has 0 bridgehead atoms. The molecule has 0 aromatic carbocycles. The summed E-state index contributed by atoms with van der Waals surface area (Å²) in [6.45, 7) is 6.97. The lowest BCUT2D eigenvalue weighted by Crippen LogP contribution is -2.31. The van der Waals surface area contributed by atoms with Crippen LogP contribution in [0.15, 0.2) is 18.5 Å². The molecule has 1 aliphatic rings. The van der Waals surface area contributed by atoms with Gasteiger partial charge in [0, 0.05) is 32.0 Å². The zero-order valence-corrected chi connectivity index (χ0v) is 12.6. The lowest BCUT2D eigenvalue weighted by Gasteiger charge is -2.20. The quantitative estimate of drug-likeness (QED) is 0.918. The Bertz CT molecular complexity index is 437. The number of aromatic nitrogens is 1. The summed E-state index contributed by atoms with van der Waals surface area (Å²) in [4.78, 5) is 18.7. The van der Waals surface area contributed by atoms with E-state index in [2.05, 4.69) is 24.1 Å². The molecule has 0 aliphatic carbocycles. The van der Waals surface area contributed by atoms with Crippen molar-refractivity contribution in [2.45, 2.75) is 39.5 Å². The topological polar surface area (TPSA) is 45.2 Å². The van der Waals surface area contributed by atoms with E-state index < -0.39 is 0 Å². The number of amides is 1. The van der Waals surface area contributed by atoms with Crippen LogP contribution in [0.1, 0.15) is 49.9 Å². The Labute approximate surface area is 121 Å². The minimum Gasteiger partial charge on any atom is -0.384 e. The molecule has 0 atom stereocenters. The highest BCUT2D eigenvalue weighted by Gasteiger charge is 2.17. The molecule has 110 valence electrons. The molecule has 1 saturated heterocycles. The SMILES string of the molecule is CC(C)CNc1cncc(C(=O)N2CCCCCC2)c1. The minimum absolute atomic E-state index is 0.118. The Balaban J connectivity index is 2.03. The van der Waals surface area contributed by atoms with Gasteiger partial charge in [0.15, 0.2) is 0 Å². The van der Waals surface area contributed by atoms with E-state index in [-0.39, 0.29) is 5.91 Å². The van der Waals surface area contributed by atoms with Crippen LogP contribution in [-0.4, -0.2) is 35.4 Å². The van der Waals surface area contributed by atoms with Gasteiger partial charge in [-0.25, -0.2) is 0 Å². The van der Waals surface area contributed by atoms with Crippen LogP contribution in [0, 0.1) is 5.92 Å². The fourth-order valence-electron chi connectivity index (χ4n) is 2.43. The summed E-state index contributed by atoms with van der Waals surface area (Å²) in [6, 6.07) is 1.92. The molecule has 0 saturated carbocycles. The lowest BCUT2D eigenvalue weighted by atomic mass is 10.2. The number of nitrogens with zero attached hydrogens (tertiary/aromatic N) is 2. The first kappa shape index (κ1) is 14.8. The van der Waals surface area contributed by atoms with Crippen molar-refractivity contribution in [2.24, 2.45) is 5.92 Å². The highest BCUT2D eigenvalue weighted by Crippen LogP contribution is 2.15.